The number of halogens is 2. The topological polar surface area (TPSA) is 28.2 Å². The zero-order valence-electron chi connectivity index (χ0n) is 9.43. The minimum Gasteiger partial charge on any atom is -0.369 e. The smallest absolute Gasteiger partial charge is 0.149 e. The summed E-state index contributed by atoms with van der Waals surface area (Å²) >= 11 is 12.2. The van der Waals surface area contributed by atoms with Crippen molar-refractivity contribution in [2.75, 3.05) is 23.8 Å². The average Bonchev–Trinajstić information content (AvgIpc) is 3.05. The molecule has 1 fully saturated rings. The van der Waals surface area contributed by atoms with E-state index in [1.807, 2.05) is 14.0 Å². The number of aromatic nitrogens is 1. The van der Waals surface area contributed by atoms with Crippen LogP contribution in [0, 0.1) is 0 Å². The van der Waals surface area contributed by atoms with E-state index in [2.05, 4.69) is 15.2 Å². The predicted molar refractivity (Wildman–Crippen MR) is 69.8 cm³/mol. The highest BCUT2D eigenvalue weighted by molar-refractivity contribution is 6.37. The summed E-state index contributed by atoms with van der Waals surface area (Å²) < 4.78 is 0. The summed E-state index contributed by atoms with van der Waals surface area (Å²) in [6.07, 6.45) is 2.43. The minimum atomic E-state index is 0.569. The molecule has 1 aromatic heterocycles. The van der Waals surface area contributed by atoms with Crippen LogP contribution in [0.5, 0.6) is 0 Å². The Morgan fingerprint density at radius 3 is 2.69 bits per heavy atom. The van der Waals surface area contributed by atoms with Crippen molar-refractivity contribution in [1.29, 1.82) is 0 Å². The van der Waals surface area contributed by atoms with Crippen molar-refractivity contribution < 1.29 is 0 Å². The van der Waals surface area contributed by atoms with Gasteiger partial charge in [-0.3, -0.25) is 0 Å². The molecule has 0 bridgehead atoms. The van der Waals surface area contributed by atoms with E-state index in [1.54, 1.807) is 6.07 Å². The van der Waals surface area contributed by atoms with Gasteiger partial charge in [0.15, 0.2) is 0 Å². The van der Waals surface area contributed by atoms with Crippen molar-refractivity contribution in [2.24, 2.45) is 0 Å². The third-order valence-electron chi connectivity index (χ3n) is 2.68. The lowest BCUT2D eigenvalue weighted by Crippen LogP contribution is -2.21. The highest BCUT2D eigenvalue weighted by Crippen LogP contribution is 2.36. The van der Waals surface area contributed by atoms with Crippen molar-refractivity contribution in [1.82, 2.24) is 4.98 Å². The summed E-state index contributed by atoms with van der Waals surface area (Å²) in [7, 11) is 2.02. The van der Waals surface area contributed by atoms with Crippen LogP contribution in [0.4, 0.5) is 11.6 Å². The number of hydrogen-bond donors (Lipinski definition) is 1. The first kappa shape index (κ1) is 11.8. The Kier molecular flexibility index (Phi) is 3.45. The van der Waals surface area contributed by atoms with Gasteiger partial charge in [0.05, 0.1) is 10.0 Å². The summed E-state index contributed by atoms with van der Waals surface area (Å²) in [6.45, 7) is 2.80. The Bertz CT molecular complexity index is 391. The van der Waals surface area contributed by atoms with E-state index in [-0.39, 0.29) is 0 Å². The van der Waals surface area contributed by atoms with E-state index in [4.69, 9.17) is 23.2 Å². The van der Waals surface area contributed by atoms with Gasteiger partial charge in [-0.1, -0.05) is 23.2 Å². The standard InChI is InChI=1S/C11H15Cl2N3/c1-3-14-10-8(12)6-9(13)11(15-10)16(2)7-4-5-7/h6-7H,3-5H2,1-2H3,(H,14,15). The molecule has 5 heteroatoms. The van der Waals surface area contributed by atoms with Crippen LogP contribution in [0.3, 0.4) is 0 Å². The molecule has 0 saturated heterocycles. The molecule has 1 aromatic rings. The second-order valence-corrected chi connectivity index (χ2v) is 4.81. The van der Waals surface area contributed by atoms with Gasteiger partial charge in [-0.25, -0.2) is 4.98 Å². The predicted octanol–water partition coefficient (Wildman–Crippen LogP) is 3.42. The summed E-state index contributed by atoms with van der Waals surface area (Å²) in [5.41, 5.74) is 0. The fraction of sp³-hybridized carbons (Fsp3) is 0.545. The first-order valence-electron chi connectivity index (χ1n) is 5.46. The maximum atomic E-state index is 6.15. The first-order valence-corrected chi connectivity index (χ1v) is 6.21. The largest absolute Gasteiger partial charge is 0.369 e. The zero-order chi connectivity index (χ0) is 11.7. The van der Waals surface area contributed by atoms with Gasteiger partial charge in [-0.15, -0.1) is 0 Å². The molecule has 3 nitrogen and oxygen atoms in total. The Morgan fingerprint density at radius 1 is 1.44 bits per heavy atom. The van der Waals surface area contributed by atoms with Crippen LogP contribution in [0.25, 0.3) is 0 Å². The molecule has 0 unspecified atom stereocenters. The van der Waals surface area contributed by atoms with E-state index >= 15 is 0 Å². The summed E-state index contributed by atoms with van der Waals surface area (Å²) in [4.78, 5) is 6.60. The van der Waals surface area contributed by atoms with Crippen molar-refractivity contribution in [3.8, 4) is 0 Å². The van der Waals surface area contributed by atoms with Crippen molar-refractivity contribution in [3.63, 3.8) is 0 Å². The lowest BCUT2D eigenvalue weighted by Gasteiger charge is -2.20. The van der Waals surface area contributed by atoms with E-state index in [9.17, 15) is 0 Å². The summed E-state index contributed by atoms with van der Waals surface area (Å²) in [6, 6.07) is 2.34. The number of nitrogens with zero attached hydrogens (tertiary/aromatic N) is 2. The number of anilines is 2. The molecule has 16 heavy (non-hydrogen) atoms. The fourth-order valence-corrected chi connectivity index (χ4v) is 2.19. The molecule has 1 heterocycles. The van der Waals surface area contributed by atoms with E-state index in [1.165, 1.54) is 12.8 Å². The molecule has 1 aliphatic carbocycles. The summed E-state index contributed by atoms with van der Waals surface area (Å²) in [5.74, 6) is 1.51. The number of nitrogens with one attached hydrogen (secondary N) is 1. The molecular weight excluding hydrogens is 245 g/mol. The summed E-state index contributed by atoms with van der Waals surface area (Å²) in [5, 5.41) is 4.31. The van der Waals surface area contributed by atoms with E-state index in [0.717, 1.165) is 12.4 Å². The van der Waals surface area contributed by atoms with Gasteiger partial charge in [0, 0.05) is 19.6 Å². The number of rotatable bonds is 4. The Hall–Kier alpha value is -0.670. The maximum Gasteiger partial charge on any atom is 0.149 e. The molecule has 0 spiro atoms. The molecule has 0 atom stereocenters. The lowest BCUT2D eigenvalue weighted by atomic mass is 10.4. The van der Waals surface area contributed by atoms with Gasteiger partial charge >= 0.3 is 0 Å². The van der Waals surface area contributed by atoms with E-state index in [0.29, 0.717) is 21.9 Å². The number of pyridine rings is 1. The second kappa shape index (κ2) is 4.68. The van der Waals surface area contributed by atoms with Gasteiger partial charge in [-0.05, 0) is 25.8 Å². The quantitative estimate of drug-likeness (QED) is 0.899. The SMILES string of the molecule is CCNc1nc(N(C)C2CC2)c(Cl)cc1Cl. The van der Waals surface area contributed by atoms with Gasteiger partial charge in [0.1, 0.15) is 11.6 Å². The van der Waals surface area contributed by atoms with Crippen molar-refractivity contribution in [3.05, 3.63) is 16.1 Å². The Labute approximate surface area is 106 Å². The van der Waals surface area contributed by atoms with E-state index < -0.39 is 0 Å². The molecule has 0 radical (unpaired) electrons. The van der Waals surface area contributed by atoms with Crippen LogP contribution < -0.4 is 10.2 Å². The molecule has 0 aliphatic heterocycles. The van der Waals surface area contributed by atoms with Crippen LogP contribution in [-0.2, 0) is 0 Å². The van der Waals surface area contributed by atoms with Crippen molar-refractivity contribution in [2.45, 2.75) is 25.8 Å². The highest BCUT2D eigenvalue weighted by Gasteiger charge is 2.28. The zero-order valence-corrected chi connectivity index (χ0v) is 10.9. The molecule has 1 N–H and O–H groups in total. The van der Waals surface area contributed by atoms with Crippen LogP contribution in [0.15, 0.2) is 6.07 Å². The minimum absolute atomic E-state index is 0.569. The van der Waals surface area contributed by atoms with Crippen LogP contribution >= 0.6 is 23.2 Å². The molecule has 2 rings (SSSR count). The molecule has 0 amide bonds. The molecular formula is C11H15Cl2N3. The maximum absolute atomic E-state index is 6.15. The van der Waals surface area contributed by atoms with Gasteiger partial charge < -0.3 is 10.2 Å². The molecule has 0 aromatic carbocycles. The Balaban J connectivity index is 2.32. The Morgan fingerprint density at radius 2 is 2.12 bits per heavy atom. The molecule has 1 aliphatic rings. The van der Waals surface area contributed by atoms with Crippen molar-refractivity contribution >= 4 is 34.8 Å². The average molecular weight is 260 g/mol. The molecule has 1 saturated carbocycles. The third kappa shape index (κ3) is 2.36. The first-order chi connectivity index (χ1) is 7.63. The van der Waals surface area contributed by atoms with Crippen LogP contribution in [0.2, 0.25) is 10.0 Å². The van der Waals surface area contributed by atoms with Crippen LogP contribution in [0.1, 0.15) is 19.8 Å². The lowest BCUT2D eigenvalue weighted by molar-refractivity contribution is 0.892. The second-order valence-electron chi connectivity index (χ2n) is 4.00. The van der Waals surface area contributed by atoms with Gasteiger partial charge in [-0.2, -0.15) is 0 Å². The van der Waals surface area contributed by atoms with Gasteiger partial charge in [0.25, 0.3) is 0 Å². The molecule has 88 valence electrons. The third-order valence-corrected chi connectivity index (χ3v) is 3.25. The fourth-order valence-electron chi connectivity index (χ4n) is 1.63. The van der Waals surface area contributed by atoms with Gasteiger partial charge in [0.2, 0.25) is 0 Å². The van der Waals surface area contributed by atoms with Crippen LogP contribution in [-0.4, -0.2) is 24.6 Å². The number of hydrogen-bond acceptors (Lipinski definition) is 3. The monoisotopic (exact) mass is 259 g/mol. The highest BCUT2D eigenvalue weighted by atomic mass is 35.5. The normalized spacial score (nSPS) is 15.0.